The van der Waals surface area contributed by atoms with Crippen molar-refractivity contribution < 1.29 is 0 Å². The lowest BCUT2D eigenvalue weighted by atomic mass is 9.92. The average molecular weight is 344 g/mol. The number of hydrogen-bond acceptors (Lipinski definition) is 6. The van der Waals surface area contributed by atoms with Crippen LogP contribution in [-0.4, -0.2) is 45.8 Å². The Labute approximate surface area is 136 Å². The maximum atomic E-state index is 5.37. The monoisotopic (exact) mass is 342 g/mol. The second-order valence-corrected chi connectivity index (χ2v) is 4.10. The summed E-state index contributed by atoms with van der Waals surface area (Å²) in [4.78, 5) is 0. The van der Waals surface area contributed by atoms with Crippen molar-refractivity contribution in [3.05, 3.63) is 0 Å². The van der Waals surface area contributed by atoms with Gasteiger partial charge in [0.2, 0.25) is 0 Å². The number of hydrogen-bond donors (Lipinski definition) is 6. The first-order valence-corrected chi connectivity index (χ1v) is 5.81. The highest BCUT2D eigenvalue weighted by Crippen LogP contribution is 2.07. The van der Waals surface area contributed by atoms with Crippen LogP contribution in [0.4, 0.5) is 0 Å². The molecule has 0 amide bonds. The van der Waals surface area contributed by atoms with Crippen molar-refractivity contribution in [1.29, 1.82) is 0 Å². The van der Waals surface area contributed by atoms with Crippen molar-refractivity contribution in [2.45, 2.75) is 13.3 Å². The lowest BCUT2D eigenvalue weighted by Crippen LogP contribution is -2.41. The fraction of sp³-hybridized carbons (Fsp3) is 1.00. The highest BCUT2D eigenvalue weighted by molar-refractivity contribution is 5.86. The van der Waals surface area contributed by atoms with Gasteiger partial charge in [0.25, 0.3) is 0 Å². The topological polar surface area (TPSA) is 142 Å². The molecule has 0 spiro atoms. The molecule has 0 aliphatic heterocycles. The minimum absolute atomic E-state index is 0. The maximum absolute atomic E-state index is 5.37. The first-order chi connectivity index (χ1) is 7.60. The molecular formula is C10H33Cl3N6. The summed E-state index contributed by atoms with van der Waals surface area (Å²) < 4.78 is 0. The van der Waals surface area contributed by atoms with E-state index in [1.54, 1.807) is 0 Å². The molecule has 0 rings (SSSR count). The second-order valence-electron chi connectivity index (χ2n) is 4.10. The zero-order valence-electron chi connectivity index (χ0n) is 11.8. The third kappa shape index (κ3) is 24.1. The average Bonchev–Trinajstić information content (AvgIpc) is 2.34. The van der Waals surface area contributed by atoms with Gasteiger partial charge in [0.05, 0.1) is 0 Å². The zero-order chi connectivity index (χ0) is 12.9. The van der Waals surface area contributed by atoms with E-state index in [0.29, 0.717) is 26.2 Å². The minimum atomic E-state index is -0.0417. The molecule has 0 heterocycles. The molecule has 124 valence electrons. The summed E-state index contributed by atoms with van der Waals surface area (Å²) in [5.74, 6) is 0. The first kappa shape index (κ1) is 31.8. The Morgan fingerprint density at radius 3 is 1.37 bits per heavy atom. The third-order valence-electron chi connectivity index (χ3n) is 2.36. The maximum Gasteiger partial charge on any atom is 0.00745 e. The molecule has 0 unspecified atom stereocenters. The van der Waals surface area contributed by atoms with Crippen LogP contribution in [0, 0.1) is 5.41 Å². The van der Waals surface area contributed by atoms with Crippen molar-refractivity contribution in [1.82, 2.24) is 5.32 Å². The van der Waals surface area contributed by atoms with Crippen molar-refractivity contribution in [3.8, 4) is 0 Å². The van der Waals surface area contributed by atoms with E-state index in [-0.39, 0.29) is 42.6 Å². The Morgan fingerprint density at radius 1 is 0.737 bits per heavy atom. The Balaban J connectivity index is -0.0000000594. The van der Waals surface area contributed by atoms with Gasteiger partial charge in [-0.05, 0) is 19.5 Å². The van der Waals surface area contributed by atoms with E-state index in [1.807, 2.05) is 6.92 Å². The molecule has 19 heavy (non-hydrogen) atoms. The molecule has 0 saturated heterocycles. The van der Waals surface area contributed by atoms with E-state index in [9.17, 15) is 0 Å². The Hall–Kier alpha value is 0.630. The molecule has 11 N–H and O–H groups in total. The summed E-state index contributed by atoms with van der Waals surface area (Å²) in [6.07, 6.45) is 1.04. The number of nitrogens with two attached hydrogens (primary N) is 5. The second kappa shape index (κ2) is 23.7. The van der Waals surface area contributed by atoms with Crippen LogP contribution >= 0.6 is 37.2 Å². The lowest BCUT2D eigenvalue weighted by Gasteiger charge is -2.22. The Bertz CT molecular complexity index is 124. The molecule has 0 aromatic rings. The van der Waals surface area contributed by atoms with Crippen LogP contribution in [0.5, 0.6) is 0 Å². The van der Waals surface area contributed by atoms with Gasteiger partial charge >= 0.3 is 0 Å². The highest BCUT2D eigenvalue weighted by atomic mass is 35.5. The molecule has 0 radical (unpaired) electrons. The Kier molecular flexibility index (Phi) is 39.7. The molecule has 0 fully saturated rings. The van der Waals surface area contributed by atoms with Crippen LogP contribution in [0.1, 0.15) is 13.3 Å². The molecule has 0 aliphatic carbocycles. The van der Waals surface area contributed by atoms with Crippen molar-refractivity contribution >= 4 is 37.2 Å². The molecule has 0 atom stereocenters. The fourth-order valence-electron chi connectivity index (χ4n) is 0.704. The van der Waals surface area contributed by atoms with Gasteiger partial charge in [-0.25, -0.2) is 0 Å². The highest BCUT2D eigenvalue weighted by Gasteiger charge is 2.16. The van der Waals surface area contributed by atoms with E-state index >= 15 is 0 Å². The molecule has 6 nitrogen and oxygen atoms in total. The van der Waals surface area contributed by atoms with Crippen LogP contribution in [0.3, 0.4) is 0 Å². The molecule has 0 aromatic carbocycles. The van der Waals surface area contributed by atoms with E-state index in [0.717, 1.165) is 26.1 Å². The SMILES string of the molecule is CC(CN)(CN)CN.Cl.Cl.Cl.NCCCNCCN. The predicted octanol–water partition coefficient (Wildman–Crippen LogP) is -0.982. The summed E-state index contributed by atoms with van der Waals surface area (Å²) in [6, 6.07) is 0. The van der Waals surface area contributed by atoms with Crippen LogP contribution in [0.15, 0.2) is 0 Å². The molecular weight excluding hydrogens is 311 g/mol. The molecule has 0 aliphatic rings. The zero-order valence-corrected chi connectivity index (χ0v) is 14.2. The molecule has 0 bridgehead atoms. The summed E-state index contributed by atoms with van der Waals surface area (Å²) in [5.41, 5.74) is 26.5. The van der Waals surface area contributed by atoms with Crippen LogP contribution in [-0.2, 0) is 0 Å². The van der Waals surface area contributed by atoms with Crippen LogP contribution in [0.2, 0.25) is 0 Å². The summed E-state index contributed by atoms with van der Waals surface area (Å²) in [6.45, 7) is 7.06. The van der Waals surface area contributed by atoms with Gasteiger partial charge in [-0.15, -0.1) is 37.2 Å². The smallest absolute Gasteiger partial charge is 0.00745 e. The standard InChI is InChI=1S/2C5H15N3.3ClH/c1-5(2-6,3-7)4-8;6-2-1-4-8-5-3-7;;;/h2-4,6-8H2,1H3;8H,1-7H2;3*1H. The minimum Gasteiger partial charge on any atom is -0.330 e. The van der Waals surface area contributed by atoms with E-state index < -0.39 is 0 Å². The molecule has 0 aromatic heterocycles. The normalized spacial score (nSPS) is 9.16. The van der Waals surface area contributed by atoms with Crippen molar-refractivity contribution in [2.75, 3.05) is 45.8 Å². The lowest BCUT2D eigenvalue weighted by molar-refractivity contribution is 0.361. The van der Waals surface area contributed by atoms with Crippen LogP contribution < -0.4 is 34.0 Å². The Morgan fingerprint density at radius 2 is 1.16 bits per heavy atom. The summed E-state index contributed by atoms with van der Waals surface area (Å²) in [5, 5.41) is 3.13. The number of rotatable bonds is 8. The quantitative estimate of drug-likeness (QED) is 0.313. The van der Waals surface area contributed by atoms with Gasteiger partial charge in [0.15, 0.2) is 0 Å². The fourth-order valence-corrected chi connectivity index (χ4v) is 0.704. The number of nitrogens with one attached hydrogen (secondary N) is 1. The van der Waals surface area contributed by atoms with E-state index in [2.05, 4.69) is 5.32 Å². The first-order valence-electron chi connectivity index (χ1n) is 5.81. The van der Waals surface area contributed by atoms with E-state index in [1.165, 1.54) is 0 Å². The molecule has 9 heteroatoms. The predicted molar refractivity (Wildman–Crippen MR) is 92.6 cm³/mol. The summed E-state index contributed by atoms with van der Waals surface area (Å²) in [7, 11) is 0. The van der Waals surface area contributed by atoms with Crippen molar-refractivity contribution in [3.63, 3.8) is 0 Å². The van der Waals surface area contributed by atoms with Crippen LogP contribution in [0.25, 0.3) is 0 Å². The van der Waals surface area contributed by atoms with Gasteiger partial charge in [0.1, 0.15) is 0 Å². The van der Waals surface area contributed by atoms with Gasteiger partial charge in [-0.1, -0.05) is 6.92 Å². The molecule has 0 saturated carbocycles. The van der Waals surface area contributed by atoms with Gasteiger partial charge in [0, 0.05) is 38.1 Å². The van der Waals surface area contributed by atoms with Crippen molar-refractivity contribution in [2.24, 2.45) is 34.1 Å². The van der Waals surface area contributed by atoms with Gasteiger partial charge in [-0.3, -0.25) is 0 Å². The van der Waals surface area contributed by atoms with Gasteiger partial charge < -0.3 is 34.0 Å². The van der Waals surface area contributed by atoms with E-state index in [4.69, 9.17) is 28.7 Å². The third-order valence-corrected chi connectivity index (χ3v) is 2.36. The summed E-state index contributed by atoms with van der Waals surface area (Å²) >= 11 is 0. The largest absolute Gasteiger partial charge is 0.330 e. The number of halogens is 3. The van der Waals surface area contributed by atoms with Gasteiger partial charge in [-0.2, -0.15) is 0 Å².